The molecular formula is C12H24N2. The van der Waals surface area contributed by atoms with Gasteiger partial charge < -0.3 is 5.32 Å². The van der Waals surface area contributed by atoms with Crippen molar-refractivity contribution in [1.82, 2.24) is 10.2 Å². The Kier molecular flexibility index (Phi) is 3.13. The molecule has 0 aromatic carbocycles. The summed E-state index contributed by atoms with van der Waals surface area (Å²) in [4.78, 5) is 2.77. The van der Waals surface area contributed by atoms with Gasteiger partial charge >= 0.3 is 0 Å². The Balaban J connectivity index is 1.95. The Labute approximate surface area is 88.1 Å². The third-order valence-corrected chi connectivity index (χ3v) is 4.44. The molecule has 2 nitrogen and oxygen atoms in total. The lowest BCUT2D eigenvalue weighted by Gasteiger charge is -2.53. The summed E-state index contributed by atoms with van der Waals surface area (Å²) in [5.41, 5.74) is 0.607. The van der Waals surface area contributed by atoms with Crippen molar-refractivity contribution in [2.45, 2.75) is 57.0 Å². The van der Waals surface area contributed by atoms with Gasteiger partial charge in [-0.2, -0.15) is 0 Å². The van der Waals surface area contributed by atoms with Crippen LogP contribution in [0.4, 0.5) is 0 Å². The first-order valence-corrected chi connectivity index (χ1v) is 6.23. The number of nitrogens with one attached hydrogen (secondary N) is 1. The van der Waals surface area contributed by atoms with Crippen LogP contribution in [-0.4, -0.2) is 36.6 Å². The van der Waals surface area contributed by atoms with Gasteiger partial charge in [0.25, 0.3) is 0 Å². The van der Waals surface area contributed by atoms with E-state index in [-0.39, 0.29) is 0 Å². The van der Waals surface area contributed by atoms with Crippen LogP contribution < -0.4 is 5.32 Å². The summed E-state index contributed by atoms with van der Waals surface area (Å²) in [6, 6.07) is 0.743. The fourth-order valence-corrected chi connectivity index (χ4v) is 3.12. The van der Waals surface area contributed by atoms with Crippen molar-refractivity contribution >= 4 is 0 Å². The number of hydrogen-bond acceptors (Lipinski definition) is 2. The summed E-state index contributed by atoms with van der Waals surface area (Å²) >= 11 is 0. The van der Waals surface area contributed by atoms with Gasteiger partial charge in [-0.3, -0.25) is 4.90 Å². The van der Waals surface area contributed by atoms with Gasteiger partial charge in [-0.1, -0.05) is 6.92 Å². The summed E-state index contributed by atoms with van der Waals surface area (Å²) in [7, 11) is 2.10. The zero-order valence-electron chi connectivity index (χ0n) is 9.68. The Bertz CT molecular complexity index is 181. The Morgan fingerprint density at radius 2 is 2.14 bits per heavy atom. The molecule has 1 heterocycles. The second-order valence-electron chi connectivity index (χ2n) is 5.01. The molecule has 0 spiro atoms. The maximum atomic E-state index is 3.44. The summed E-state index contributed by atoms with van der Waals surface area (Å²) < 4.78 is 0. The first-order chi connectivity index (χ1) is 6.80. The van der Waals surface area contributed by atoms with E-state index in [9.17, 15) is 0 Å². The highest BCUT2D eigenvalue weighted by molar-refractivity contribution is 4.99. The predicted octanol–water partition coefficient (Wildman–Crippen LogP) is 2.00. The second kappa shape index (κ2) is 4.19. The van der Waals surface area contributed by atoms with E-state index in [2.05, 4.69) is 24.2 Å². The Hall–Kier alpha value is -0.0800. The molecule has 14 heavy (non-hydrogen) atoms. The van der Waals surface area contributed by atoms with E-state index < -0.39 is 0 Å². The van der Waals surface area contributed by atoms with Crippen LogP contribution in [0.15, 0.2) is 0 Å². The largest absolute Gasteiger partial charge is 0.316 e. The highest BCUT2D eigenvalue weighted by Crippen LogP contribution is 2.41. The summed E-state index contributed by atoms with van der Waals surface area (Å²) in [5.74, 6) is 0. The summed E-state index contributed by atoms with van der Waals surface area (Å²) in [6.07, 6.45) is 8.44. The average Bonchev–Trinajstić information content (AvgIpc) is 2.18. The molecule has 1 saturated heterocycles. The molecule has 0 bridgehead atoms. The fourth-order valence-electron chi connectivity index (χ4n) is 3.12. The van der Waals surface area contributed by atoms with Crippen LogP contribution in [0.5, 0.6) is 0 Å². The molecule has 1 N–H and O–H groups in total. The summed E-state index contributed by atoms with van der Waals surface area (Å²) in [5, 5.41) is 3.44. The molecule has 2 rings (SSSR count). The SMILES string of the molecule is CCC1(N2CCCC(NC)C2)CCC1. The minimum Gasteiger partial charge on any atom is -0.316 e. The highest BCUT2D eigenvalue weighted by atomic mass is 15.2. The van der Waals surface area contributed by atoms with Crippen LogP contribution in [0.3, 0.4) is 0 Å². The average molecular weight is 196 g/mol. The van der Waals surface area contributed by atoms with E-state index in [1.54, 1.807) is 0 Å². The zero-order valence-corrected chi connectivity index (χ0v) is 9.68. The van der Waals surface area contributed by atoms with Crippen LogP contribution in [0.1, 0.15) is 45.4 Å². The monoisotopic (exact) mass is 196 g/mol. The third-order valence-electron chi connectivity index (χ3n) is 4.44. The molecule has 1 aliphatic carbocycles. The molecule has 82 valence electrons. The lowest BCUT2D eigenvalue weighted by Crippen LogP contribution is -2.59. The number of likely N-dealkylation sites (tertiary alicyclic amines) is 1. The van der Waals surface area contributed by atoms with Crippen LogP contribution >= 0.6 is 0 Å². The molecule has 1 unspecified atom stereocenters. The molecule has 1 saturated carbocycles. The van der Waals surface area contributed by atoms with Crippen LogP contribution in [0, 0.1) is 0 Å². The highest BCUT2D eigenvalue weighted by Gasteiger charge is 2.41. The summed E-state index contributed by atoms with van der Waals surface area (Å²) in [6.45, 7) is 4.98. The molecule has 0 radical (unpaired) electrons. The molecule has 1 aliphatic heterocycles. The molecule has 0 amide bonds. The molecule has 1 atom stereocenters. The van der Waals surface area contributed by atoms with Gasteiger partial charge in [0.2, 0.25) is 0 Å². The minimum absolute atomic E-state index is 0.607. The second-order valence-corrected chi connectivity index (χ2v) is 5.01. The van der Waals surface area contributed by atoms with Crippen molar-refractivity contribution in [2.24, 2.45) is 0 Å². The first-order valence-electron chi connectivity index (χ1n) is 6.23. The van der Waals surface area contributed by atoms with Crippen LogP contribution in [-0.2, 0) is 0 Å². The Morgan fingerprint density at radius 1 is 1.36 bits per heavy atom. The van der Waals surface area contributed by atoms with Gasteiger partial charge in [-0.15, -0.1) is 0 Å². The van der Waals surface area contributed by atoms with Gasteiger partial charge in [0.1, 0.15) is 0 Å². The molecule has 0 aromatic heterocycles. The minimum atomic E-state index is 0.607. The van der Waals surface area contributed by atoms with Crippen molar-refractivity contribution in [3.63, 3.8) is 0 Å². The van der Waals surface area contributed by atoms with E-state index in [0.29, 0.717) is 5.54 Å². The van der Waals surface area contributed by atoms with Crippen LogP contribution in [0.2, 0.25) is 0 Å². The smallest absolute Gasteiger partial charge is 0.0207 e. The van der Waals surface area contributed by atoms with E-state index in [0.717, 1.165) is 6.04 Å². The van der Waals surface area contributed by atoms with Crippen molar-refractivity contribution in [1.29, 1.82) is 0 Å². The van der Waals surface area contributed by atoms with Crippen molar-refractivity contribution in [2.75, 3.05) is 20.1 Å². The number of rotatable bonds is 3. The van der Waals surface area contributed by atoms with Crippen molar-refractivity contribution in [3.05, 3.63) is 0 Å². The van der Waals surface area contributed by atoms with Crippen molar-refractivity contribution in [3.8, 4) is 0 Å². The van der Waals surface area contributed by atoms with E-state index in [1.807, 2.05) is 0 Å². The van der Waals surface area contributed by atoms with Crippen molar-refractivity contribution < 1.29 is 0 Å². The number of piperidine rings is 1. The zero-order chi connectivity index (χ0) is 10.0. The van der Waals surface area contributed by atoms with Gasteiger partial charge in [-0.25, -0.2) is 0 Å². The first kappa shape index (κ1) is 10.4. The molecular weight excluding hydrogens is 172 g/mol. The van der Waals surface area contributed by atoms with Gasteiger partial charge in [0, 0.05) is 18.1 Å². The van der Waals surface area contributed by atoms with E-state index in [1.165, 1.54) is 51.6 Å². The van der Waals surface area contributed by atoms with E-state index in [4.69, 9.17) is 0 Å². The number of likely N-dealkylation sites (N-methyl/N-ethyl adjacent to an activating group) is 1. The lowest BCUT2D eigenvalue weighted by molar-refractivity contribution is -0.00936. The quantitative estimate of drug-likeness (QED) is 0.743. The standard InChI is InChI=1S/C12H24N2/c1-3-12(7-5-8-12)14-9-4-6-11(10-14)13-2/h11,13H,3-10H2,1-2H3. The molecule has 2 fully saturated rings. The van der Waals surface area contributed by atoms with Gasteiger partial charge in [-0.05, 0) is 52.1 Å². The normalized spacial score (nSPS) is 32.6. The third kappa shape index (κ3) is 1.70. The fraction of sp³-hybridized carbons (Fsp3) is 1.00. The topological polar surface area (TPSA) is 15.3 Å². The number of nitrogens with zero attached hydrogens (tertiary/aromatic N) is 1. The van der Waals surface area contributed by atoms with Gasteiger partial charge in [0.15, 0.2) is 0 Å². The number of hydrogen-bond donors (Lipinski definition) is 1. The van der Waals surface area contributed by atoms with Crippen LogP contribution in [0.25, 0.3) is 0 Å². The van der Waals surface area contributed by atoms with E-state index >= 15 is 0 Å². The maximum absolute atomic E-state index is 3.44. The molecule has 2 heteroatoms. The predicted molar refractivity (Wildman–Crippen MR) is 60.5 cm³/mol. The maximum Gasteiger partial charge on any atom is 0.0207 e. The molecule has 2 aliphatic rings. The van der Waals surface area contributed by atoms with Gasteiger partial charge in [0.05, 0.1) is 0 Å². The molecule has 0 aromatic rings. The lowest BCUT2D eigenvalue weighted by atomic mass is 9.72. The Morgan fingerprint density at radius 3 is 2.64 bits per heavy atom.